The van der Waals surface area contributed by atoms with Crippen LogP contribution in [0.15, 0.2) is 35.7 Å². The third-order valence-electron chi connectivity index (χ3n) is 2.56. The van der Waals surface area contributed by atoms with Gasteiger partial charge in [-0.1, -0.05) is 24.6 Å². The molecule has 0 saturated heterocycles. The van der Waals surface area contributed by atoms with E-state index in [1.165, 1.54) is 22.5 Å². The third kappa shape index (κ3) is 3.56. The summed E-state index contributed by atoms with van der Waals surface area (Å²) >= 11 is 5.68. The van der Waals surface area contributed by atoms with Gasteiger partial charge in [0.15, 0.2) is 0 Å². The van der Waals surface area contributed by atoms with Crippen molar-refractivity contribution in [2.75, 3.05) is 13.1 Å². The van der Waals surface area contributed by atoms with E-state index in [9.17, 15) is 18.5 Å². The van der Waals surface area contributed by atoms with Crippen LogP contribution in [0.3, 0.4) is 0 Å². The molecule has 1 aromatic carbocycles. The van der Waals surface area contributed by atoms with Gasteiger partial charge in [0, 0.05) is 19.2 Å². The summed E-state index contributed by atoms with van der Waals surface area (Å²) < 4.78 is 26.0. The van der Waals surface area contributed by atoms with E-state index in [2.05, 4.69) is 6.58 Å². The Morgan fingerprint density at radius 1 is 1.50 bits per heavy atom. The van der Waals surface area contributed by atoms with Gasteiger partial charge in [0.2, 0.25) is 10.0 Å². The van der Waals surface area contributed by atoms with Crippen molar-refractivity contribution in [3.05, 3.63) is 46.0 Å². The minimum Gasteiger partial charge on any atom is -0.258 e. The van der Waals surface area contributed by atoms with Crippen LogP contribution in [0.5, 0.6) is 0 Å². The van der Waals surface area contributed by atoms with Crippen LogP contribution >= 0.6 is 11.6 Å². The monoisotopic (exact) mass is 318 g/mol. The Labute approximate surface area is 122 Å². The molecule has 110 valence electrons. The molecule has 6 nitrogen and oxygen atoms in total. The number of benzene rings is 1. The summed E-state index contributed by atoms with van der Waals surface area (Å²) in [5, 5.41) is 10.7. The molecule has 0 radical (unpaired) electrons. The molecule has 20 heavy (non-hydrogen) atoms. The highest BCUT2D eigenvalue weighted by Gasteiger charge is 2.25. The first kappa shape index (κ1) is 16.6. The fourth-order valence-corrected chi connectivity index (χ4v) is 3.35. The lowest BCUT2D eigenvalue weighted by Gasteiger charge is -2.19. The summed E-state index contributed by atoms with van der Waals surface area (Å²) in [6.45, 7) is 5.81. The van der Waals surface area contributed by atoms with Gasteiger partial charge in [-0.05, 0) is 18.6 Å². The maximum atomic E-state index is 12.4. The number of rotatable bonds is 7. The smallest absolute Gasteiger partial charge is 0.258 e. The van der Waals surface area contributed by atoms with E-state index in [0.29, 0.717) is 13.0 Å². The van der Waals surface area contributed by atoms with E-state index >= 15 is 0 Å². The van der Waals surface area contributed by atoms with E-state index in [1.54, 1.807) is 0 Å². The average Bonchev–Trinajstić information content (AvgIpc) is 2.38. The molecule has 1 rings (SSSR count). The number of hydrogen-bond acceptors (Lipinski definition) is 4. The maximum Gasteiger partial charge on any atom is 0.289 e. The van der Waals surface area contributed by atoms with Gasteiger partial charge in [0.25, 0.3) is 5.69 Å². The molecule has 0 aliphatic rings. The fourth-order valence-electron chi connectivity index (χ4n) is 1.64. The molecule has 0 atom stereocenters. The second kappa shape index (κ2) is 6.83. The Hall–Kier alpha value is -1.44. The number of nitrogens with zero attached hydrogens (tertiary/aromatic N) is 2. The lowest BCUT2D eigenvalue weighted by molar-refractivity contribution is -0.384. The van der Waals surface area contributed by atoms with Crippen molar-refractivity contribution in [2.24, 2.45) is 0 Å². The van der Waals surface area contributed by atoms with Gasteiger partial charge in [0.05, 0.1) is 9.82 Å². The van der Waals surface area contributed by atoms with Crippen LogP contribution < -0.4 is 0 Å². The molecular weight excluding hydrogens is 304 g/mol. The summed E-state index contributed by atoms with van der Waals surface area (Å²) in [6, 6.07) is 3.45. The Morgan fingerprint density at radius 3 is 2.65 bits per heavy atom. The van der Waals surface area contributed by atoms with Crippen LogP contribution in [0.25, 0.3) is 0 Å². The Kier molecular flexibility index (Phi) is 5.67. The van der Waals surface area contributed by atoms with Gasteiger partial charge >= 0.3 is 0 Å². The second-order valence-electron chi connectivity index (χ2n) is 4.02. The quantitative estimate of drug-likeness (QED) is 0.440. The average molecular weight is 319 g/mol. The van der Waals surface area contributed by atoms with Crippen molar-refractivity contribution in [3.8, 4) is 0 Å². The molecule has 0 amide bonds. The van der Waals surface area contributed by atoms with Crippen LogP contribution in [-0.2, 0) is 10.0 Å². The minimum absolute atomic E-state index is 0.0975. The molecule has 0 fully saturated rings. The Bertz CT molecular complexity index is 616. The van der Waals surface area contributed by atoms with Crippen molar-refractivity contribution in [2.45, 2.75) is 18.2 Å². The number of nitro benzene ring substituents is 1. The molecule has 0 bridgehead atoms. The first-order chi connectivity index (χ1) is 9.34. The lowest BCUT2D eigenvalue weighted by Crippen LogP contribution is -2.32. The Balaban J connectivity index is 3.30. The SMILES string of the molecule is C=CCN(CCC)S(=O)(=O)c1ccc(Cl)c([N+](=O)[O-])c1. The largest absolute Gasteiger partial charge is 0.289 e. The highest BCUT2D eigenvalue weighted by Crippen LogP contribution is 2.28. The van der Waals surface area contributed by atoms with Gasteiger partial charge in [0.1, 0.15) is 5.02 Å². The van der Waals surface area contributed by atoms with Gasteiger partial charge in [-0.15, -0.1) is 6.58 Å². The normalized spacial score (nSPS) is 11.6. The number of halogens is 1. The molecule has 1 aromatic rings. The summed E-state index contributed by atoms with van der Waals surface area (Å²) in [7, 11) is -3.80. The van der Waals surface area contributed by atoms with Crippen LogP contribution in [-0.4, -0.2) is 30.7 Å². The summed E-state index contributed by atoms with van der Waals surface area (Å²) in [4.78, 5) is 9.96. The predicted octanol–water partition coefficient (Wildman–Crippen LogP) is 2.83. The predicted molar refractivity (Wildman–Crippen MR) is 77.4 cm³/mol. The lowest BCUT2D eigenvalue weighted by atomic mass is 10.3. The van der Waals surface area contributed by atoms with E-state index < -0.39 is 20.6 Å². The number of nitro groups is 1. The van der Waals surface area contributed by atoms with Crippen molar-refractivity contribution >= 4 is 27.3 Å². The van der Waals surface area contributed by atoms with Gasteiger partial charge < -0.3 is 0 Å². The standard InChI is InChI=1S/C12H15ClN2O4S/c1-3-7-14(8-4-2)20(18,19)10-5-6-11(13)12(9-10)15(16)17/h3,5-6,9H,1,4,7-8H2,2H3. The van der Waals surface area contributed by atoms with E-state index in [1.807, 2.05) is 6.92 Å². The first-order valence-electron chi connectivity index (χ1n) is 5.89. The third-order valence-corrected chi connectivity index (χ3v) is 4.74. The molecular formula is C12H15ClN2O4S. The maximum absolute atomic E-state index is 12.4. The minimum atomic E-state index is -3.80. The zero-order valence-electron chi connectivity index (χ0n) is 11.0. The van der Waals surface area contributed by atoms with Crippen molar-refractivity contribution < 1.29 is 13.3 Å². The zero-order valence-corrected chi connectivity index (χ0v) is 12.5. The van der Waals surface area contributed by atoms with Gasteiger partial charge in [-0.25, -0.2) is 8.42 Å². The molecule has 8 heteroatoms. The molecule has 0 N–H and O–H groups in total. The van der Waals surface area contributed by atoms with Crippen LogP contribution in [0.1, 0.15) is 13.3 Å². The first-order valence-corrected chi connectivity index (χ1v) is 7.71. The van der Waals surface area contributed by atoms with Crippen LogP contribution in [0.2, 0.25) is 5.02 Å². The van der Waals surface area contributed by atoms with Gasteiger partial charge in [-0.2, -0.15) is 4.31 Å². The summed E-state index contributed by atoms with van der Waals surface area (Å²) in [5.41, 5.74) is -0.428. The number of sulfonamides is 1. The zero-order chi connectivity index (χ0) is 15.3. The Morgan fingerprint density at radius 2 is 2.15 bits per heavy atom. The highest BCUT2D eigenvalue weighted by atomic mass is 35.5. The van der Waals surface area contributed by atoms with Gasteiger partial charge in [-0.3, -0.25) is 10.1 Å². The molecule has 0 heterocycles. The molecule has 0 aliphatic heterocycles. The van der Waals surface area contributed by atoms with Crippen LogP contribution in [0.4, 0.5) is 5.69 Å². The van der Waals surface area contributed by atoms with Crippen LogP contribution in [0, 0.1) is 10.1 Å². The molecule has 0 saturated carbocycles. The fraction of sp³-hybridized carbons (Fsp3) is 0.333. The summed E-state index contributed by atoms with van der Waals surface area (Å²) in [5.74, 6) is 0. The molecule has 0 unspecified atom stereocenters. The topological polar surface area (TPSA) is 80.5 Å². The molecule has 0 aliphatic carbocycles. The van der Waals surface area contributed by atoms with E-state index in [-0.39, 0.29) is 16.5 Å². The highest BCUT2D eigenvalue weighted by molar-refractivity contribution is 7.89. The molecule has 0 spiro atoms. The van der Waals surface area contributed by atoms with Crippen molar-refractivity contribution in [1.82, 2.24) is 4.31 Å². The van der Waals surface area contributed by atoms with Crippen molar-refractivity contribution in [1.29, 1.82) is 0 Å². The van der Waals surface area contributed by atoms with E-state index in [0.717, 1.165) is 6.07 Å². The second-order valence-corrected chi connectivity index (χ2v) is 6.37. The van der Waals surface area contributed by atoms with Crippen molar-refractivity contribution in [3.63, 3.8) is 0 Å². The van der Waals surface area contributed by atoms with E-state index in [4.69, 9.17) is 11.6 Å². The summed E-state index contributed by atoms with van der Waals surface area (Å²) in [6.07, 6.45) is 2.10. The number of hydrogen-bond donors (Lipinski definition) is 0. The molecule has 0 aromatic heterocycles.